The van der Waals surface area contributed by atoms with Crippen LogP contribution in [0.15, 0.2) is 34.6 Å². The average molecular weight is 312 g/mol. The van der Waals surface area contributed by atoms with E-state index in [1.165, 1.54) is 9.35 Å². The fourth-order valence-electron chi connectivity index (χ4n) is 1.70. The second-order valence-corrected chi connectivity index (χ2v) is 5.53. The number of aromatic nitrogens is 2. The maximum absolute atomic E-state index is 4.08. The summed E-state index contributed by atoms with van der Waals surface area (Å²) in [4.78, 5) is 9.51. The first kappa shape index (κ1) is 12.7. The van der Waals surface area contributed by atoms with Crippen molar-refractivity contribution in [3.05, 3.63) is 45.1 Å². The van der Waals surface area contributed by atoms with Gasteiger partial charge < -0.3 is 5.32 Å². The SMILES string of the molecule is CCNC(Cc1sccc1Br)c1cncnc1. The van der Waals surface area contributed by atoms with Crippen LogP contribution in [0.3, 0.4) is 0 Å². The molecule has 0 saturated heterocycles. The number of nitrogens with one attached hydrogen (secondary N) is 1. The first-order chi connectivity index (χ1) is 8.31. The lowest BCUT2D eigenvalue weighted by atomic mass is 10.1. The highest BCUT2D eigenvalue weighted by Crippen LogP contribution is 2.27. The van der Waals surface area contributed by atoms with Crippen LogP contribution in [0.4, 0.5) is 0 Å². The summed E-state index contributed by atoms with van der Waals surface area (Å²) < 4.78 is 1.18. The van der Waals surface area contributed by atoms with Crippen molar-refractivity contribution in [3.8, 4) is 0 Å². The van der Waals surface area contributed by atoms with E-state index in [4.69, 9.17) is 0 Å². The van der Waals surface area contributed by atoms with Crippen molar-refractivity contribution in [3.63, 3.8) is 0 Å². The molecule has 2 rings (SSSR count). The zero-order valence-electron chi connectivity index (χ0n) is 9.56. The van der Waals surface area contributed by atoms with E-state index < -0.39 is 0 Å². The van der Waals surface area contributed by atoms with Gasteiger partial charge in [-0.1, -0.05) is 6.92 Å². The molecule has 0 fully saturated rings. The number of hydrogen-bond acceptors (Lipinski definition) is 4. The first-order valence-electron chi connectivity index (χ1n) is 5.51. The third-order valence-electron chi connectivity index (χ3n) is 2.51. The van der Waals surface area contributed by atoms with Crippen LogP contribution in [0.5, 0.6) is 0 Å². The largest absolute Gasteiger partial charge is 0.310 e. The molecule has 90 valence electrons. The molecule has 0 spiro atoms. The predicted octanol–water partition coefficient (Wildman–Crippen LogP) is 3.19. The summed E-state index contributed by atoms with van der Waals surface area (Å²) >= 11 is 5.34. The zero-order chi connectivity index (χ0) is 12.1. The third-order valence-corrected chi connectivity index (χ3v) is 4.46. The number of nitrogens with zero attached hydrogens (tertiary/aromatic N) is 2. The van der Waals surface area contributed by atoms with Crippen LogP contribution in [0.2, 0.25) is 0 Å². The minimum atomic E-state index is 0.274. The van der Waals surface area contributed by atoms with Crippen molar-refractivity contribution < 1.29 is 0 Å². The molecule has 2 heterocycles. The van der Waals surface area contributed by atoms with Crippen molar-refractivity contribution in [1.82, 2.24) is 15.3 Å². The summed E-state index contributed by atoms with van der Waals surface area (Å²) in [5.41, 5.74) is 1.13. The molecule has 3 nitrogen and oxygen atoms in total. The maximum Gasteiger partial charge on any atom is 0.115 e. The molecular weight excluding hydrogens is 298 g/mol. The summed E-state index contributed by atoms with van der Waals surface area (Å²) in [7, 11) is 0. The molecule has 0 aliphatic carbocycles. The number of hydrogen-bond donors (Lipinski definition) is 1. The van der Waals surface area contributed by atoms with Crippen LogP contribution in [0.1, 0.15) is 23.4 Å². The number of halogens is 1. The molecule has 2 aromatic rings. The number of thiophene rings is 1. The van der Waals surface area contributed by atoms with Crippen molar-refractivity contribution in [1.29, 1.82) is 0 Å². The van der Waals surface area contributed by atoms with E-state index in [0.29, 0.717) is 0 Å². The van der Waals surface area contributed by atoms with E-state index in [2.05, 4.69) is 49.6 Å². The van der Waals surface area contributed by atoms with Gasteiger partial charge in [-0.15, -0.1) is 11.3 Å². The van der Waals surface area contributed by atoms with Gasteiger partial charge in [-0.2, -0.15) is 0 Å². The molecular formula is C12H14BrN3S. The molecule has 1 unspecified atom stereocenters. The molecule has 0 bridgehead atoms. The maximum atomic E-state index is 4.08. The Morgan fingerprint density at radius 2 is 2.18 bits per heavy atom. The molecule has 0 radical (unpaired) electrons. The lowest BCUT2D eigenvalue weighted by Gasteiger charge is -2.17. The highest BCUT2D eigenvalue weighted by Gasteiger charge is 2.14. The first-order valence-corrected chi connectivity index (χ1v) is 7.18. The smallest absolute Gasteiger partial charge is 0.115 e. The predicted molar refractivity (Wildman–Crippen MR) is 74.2 cm³/mol. The third kappa shape index (κ3) is 3.34. The molecule has 2 aromatic heterocycles. The Balaban J connectivity index is 2.16. The Hall–Kier alpha value is -0.780. The standard InChI is InChI=1S/C12H14BrN3S/c1-2-16-11(9-6-14-8-15-7-9)5-12-10(13)3-4-17-12/h3-4,6-8,11,16H,2,5H2,1H3. The molecule has 0 aliphatic rings. The minimum Gasteiger partial charge on any atom is -0.310 e. The molecule has 1 atom stereocenters. The highest BCUT2D eigenvalue weighted by atomic mass is 79.9. The molecule has 0 aromatic carbocycles. The summed E-state index contributed by atoms with van der Waals surface area (Å²) in [5.74, 6) is 0. The monoisotopic (exact) mass is 311 g/mol. The van der Waals surface area contributed by atoms with Gasteiger partial charge in [-0.05, 0) is 33.9 Å². The summed E-state index contributed by atoms with van der Waals surface area (Å²) in [6.07, 6.45) is 6.27. The van der Waals surface area contributed by atoms with Crippen molar-refractivity contribution in [2.45, 2.75) is 19.4 Å². The molecule has 17 heavy (non-hydrogen) atoms. The molecule has 5 heteroatoms. The van der Waals surface area contributed by atoms with E-state index >= 15 is 0 Å². The number of rotatable bonds is 5. The summed E-state index contributed by atoms with van der Waals surface area (Å²) in [6, 6.07) is 2.36. The van der Waals surface area contributed by atoms with Gasteiger partial charge in [0.05, 0.1) is 0 Å². The van der Waals surface area contributed by atoms with Crippen LogP contribution < -0.4 is 5.32 Å². The Morgan fingerprint density at radius 1 is 1.41 bits per heavy atom. The molecule has 1 N–H and O–H groups in total. The van der Waals surface area contributed by atoms with E-state index in [1.807, 2.05) is 12.4 Å². The van der Waals surface area contributed by atoms with Gasteiger partial charge in [0.1, 0.15) is 6.33 Å². The van der Waals surface area contributed by atoms with Crippen LogP contribution in [-0.4, -0.2) is 16.5 Å². The van der Waals surface area contributed by atoms with Crippen molar-refractivity contribution in [2.24, 2.45) is 0 Å². The fraction of sp³-hybridized carbons (Fsp3) is 0.333. The van der Waals surface area contributed by atoms with Crippen molar-refractivity contribution in [2.75, 3.05) is 6.54 Å². The lowest BCUT2D eigenvalue weighted by molar-refractivity contribution is 0.549. The normalized spacial score (nSPS) is 12.6. The van der Waals surface area contributed by atoms with Crippen molar-refractivity contribution >= 4 is 27.3 Å². The highest BCUT2D eigenvalue weighted by molar-refractivity contribution is 9.10. The summed E-state index contributed by atoms with van der Waals surface area (Å²) in [6.45, 7) is 3.04. The lowest BCUT2D eigenvalue weighted by Crippen LogP contribution is -2.23. The second kappa shape index (κ2) is 6.23. The second-order valence-electron chi connectivity index (χ2n) is 3.68. The quantitative estimate of drug-likeness (QED) is 0.921. The Kier molecular flexibility index (Phi) is 4.65. The zero-order valence-corrected chi connectivity index (χ0v) is 12.0. The van der Waals surface area contributed by atoms with E-state index in [-0.39, 0.29) is 6.04 Å². The number of likely N-dealkylation sites (N-methyl/N-ethyl adjacent to an activating group) is 1. The van der Waals surface area contributed by atoms with Crippen LogP contribution in [0.25, 0.3) is 0 Å². The molecule has 0 saturated carbocycles. The van der Waals surface area contributed by atoms with Gasteiger partial charge in [0.25, 0.3) is 0 Å². The van der Waals surface area contributed by atoms with E-state index in [9.17, 15) is 0 Å². The average Bonchev–Trinajstić information content (AvgIpc) is 2.76. The minimum absolute atomic E-state index is 0.274. The van der Waals surface area contributed by atoms with Gasteiger partial charge in [0, 0.05) is 39.8 Å². The van der Waals surface area contributed by atoms with Gasteiger partial charge >= 0.3 is 0 Å². The van der Waals surface area contributed by atoms with Gasteiger partial charge in [0.2, 0.25) is 0 Å². The van der Waals surface area contributed by atoms with Crippen LogP contribution in [0, 0.1) is 0 Å². The Labute approximate surface area is 113 Å². The van der Waals surface area contributed by atoms with E-state index in [1.54, 1.807) is 17.7 Å². The van der Waals surface area contributed by atoms with Crippen LogP contribution >= 0.6 is 27.3 Å². The summed E-state index contributed by atoms with van der Waals surface area (Å²) in [5, 5.41) is 5.57. The van der Waals surface area contributed by atoms with Crippen LogP contribution in [-0.2, 0) is 6.42 Å². The van der Waals surface area contributed by atoms with E-state index in [0.717, 1.165) is 18.5 Å². The van der Waals surface area contributed by atoms with Gasteiger partial charge in [0.15, 0.2) is 0 Å². The Bertz CT molecular complexity index is 458. The van der Waals surface area contributed by atoms with Gasteiger partial charge in [-0.3, -0.25) is 0 Å². The topological polar surface area (TPSA) is 37.8 Å². The Morgan fingerprint density at radius 3 is 2.76 bits per heavy atom. The van der Waals surface area contributed by atoms with Gasteiger partial charge in [-0.25, -0.2) is 9.97 Å². The fourth-order valence-corrected chi connectivity index (χ4v) is 3.26. The molecule has 0 amide bonds. The molecule has 0 aliphatic heterocycles.